The van der Waals surface area contributed by atoms with Gasteiger partial charge in [0.15, 0.2) is 11.6 Å². The maximum atomic E-state index is 13.6. The minimum atomic E-state index is -0.854. The number of carbonyl (C=O) groups excluding carboxylic acids is 1. The summed E-state index contributed by atoms with van der Waals surface area (Å²) >= 11 is 1.62. The van der Waals surface area contributed by atoms with E-state index in [4.69, 9.17) is 0 Å². The molecule has 0 saturated carbocycles. The van der Waals surface area contributed by atoms with Gasteiger partial charge in [0.05, 0.1) is 0 Å². The Morgan fingerprint density at radius 1 is 1.16 bits per heavy atom. The molecule has 1 aliphatic heterocycles. The summed E-state index contributed by atoms with van der Waals surface area (Å²) in [5, 5.41) is 6.28. The maximum Gasteiger partial charge on any atom is 0.251 e. The van der Waals surface area contributed by atoms with Crippen molar-refractivity contribution in [2.75, 3.05) is 19.3 Å². The summed E-state index contributed by atoms with van der Waals surface area (Å²) in [6.07, 6.45) is 2.73. The summed E-state index contributed by atoms with van der Waals surface area (Å²) in [4.78, 5) is 13.6. The number of hydrogen-bond donors (Lipinski definition) is 2. The van der Waals surface area contributed by atoms with Crippen LogP contribution in [0.25, 0.3) is 0 Å². The van der Waals surface area contributed by atoms with Gasteiger partial charge in [-0.3, -0.25) is 4.79 Å². The number of thioether (sulfide) groups is 1. The zero-order chi connectivity index (χ0) is 17.8. The highest BCUT2D eigenvalue weighted by molar-refractivity contribution is 7.98. The van der Waals surface area contributed by atoms with E-state index in [9.17, 15) is 13.6 Å². The highest BCUT2D eigenvalue weighted by atomic mass is 32.2. The van der Waals surface area contributed by atoms with Crippen LogP contribution in [0, 0.1) is 11.6 Å². The zero-order valence-electron chi connectivity index (χ0n) is 13.9. The van der Waals surface area contributed by atoms with Crippen molar-refractivity contribution in [3.8, 4) is 0 Å². The molecule has 1 aliphatic rings. The third kappa shape index (κ3) is 4.19. The van der Waals surface area contributed by atoms with Gasteiger partial charge in [-0.15, -0.1) is 11.8 Å². The standard InChI is InChI=1S/C19H20F2N2OS/c1-25-14-5-2-12(3-6-14)19(24)23-18-11-22-9-8-15(18)13-4-7-16(20)17(21)10-13/h2-7,10,15,18,22H,8-9,11H2,1H3,(H,23,24). The predicted molar refractivity (Wildman–Crippen MR) is 96.1 cm³/mol. The Bertz CT molecular complexity index is 752. The molecule has 0 spiro atoms. The molecule has 0 radical (unpaired) electrons. The molecule has 1 amide bonds. The first-order valence-corrected chi connectivity index (χ1v) is 9.41. The second-order valence-electron chi connectivity index (χ2n) is 6.08. The van der Waals surface area contributed by atoms with E-state index in [1.807, 2.05) is 18.4 Å². The molecule has 0 bridgehead atoms. The highest BCUT2D eigenvalue weighted by Crippen LogP contribution is 2.27. The van der Waals surface area contributed by atoms with Crippen LogP contribution in [0.3, 0.4) is 0 Å². The number of hydrogen-bond acceptors (Lipinski definition) is 3. The van der Waals surface area contributed by atoms with Crippen LogP contribution in [0.15, 0.2) is 47.4 Å². The highest BCUT2D eigenvalue weighted by Gasteiger charge is 2.28. The first kappa shape index (κ1) is 17.9. The van der Waals surface area contributed by atoms with Crippen LogP contribution in [-0.4, -0.2) is 31.3 Å². The summed E-state index contributed by atoms with van der Waals surface area (Å²) in [5.41, 5.74) is 1.30. The molecule has 3 rings (SSSR count). The van der Waals surface area contributed by atoms with Crippen LogP contribution in [0.4, 0.5) is 8.78 Å². The number of benzene rings is 2. The van der Waals surface area contributed by atoms with Gasteiger partial charge in [0, 0.05) is 29.0 Å². The first-order valence-electron chi connectivity index (χ1n) is 8.19. The number of amides is 1. The lowest BCUT2D eigenvalue weighted by atomic mass is 9.85. The van der Waals surface area contributed by atoms with Gasteiger partial charge in [-0.1, -0.05) is 6.07 Å². The molecule has 2 aromatic rings. The van der Waals surface area contributed by atoms with Crippen LogP contribution < -0.4 is 10.6 Å². The van der Waals surface area contributed by atoms with Gasteiger partial charge >= 0.3 is 0 Å². The number of rotatable bonds is 4. The summed E-state index contributed by atoms with van der Waals surface area (Å²) in [6, 6.07) is 11.2. The fourth-order valence-corrected chi connectivity index (χ4v) is 3.55. The Balaban J connectivity index is 1.76. The fraction of sp³-hybridized carbons (Fsp3) is 0.316. The quantitative estimate of drug-likeness (QED) is 0.817. The Morgan fingerprint density at radius 2 is 1.92 bits per heavy atom. The Hall–Kier alpha value is -1.92. The summed E-state index contributed by atoms with van der Waals surface area (Å²) in [6.45, 7) is 1.37. The topological polar surface area (TPSA) is 41.1 Å². The number of halogens is 2. The molecule has 2 unspecified atom stereocenters. The van der Waals surface area contributed by atoms with Crippen LogP contribution in [0.1, 0.15) is 28.3 Å². The van der Waals surface area contributed by atoms with Gasteiger partial charge < -0.3 is 10.6 Å². The minimum absolute atomic E-state index is 0.0502. The third-order valence-electron chi connectivity index (χ3n) is 4.52. The summed E-state index contributed by atoms with van der Waals surface area (Å²) < 4.78 is 26.8. The van der Waals surface area contributed by atoms with Crippen LogP contribution in [0.2, 0.25) is 0 Å². The second-order valence-corrected chi connectivity index (χ2v) is 6.96. The van der Waals surface area contributed by atoms with E-state index in [1.165, 1.54) is 6.07 Å². The Morgan fingerprint density at radius 3 is 2.60 bits per heavy atom. The van der Waals surface area contributed by atoms with Gasteiger partial charge in [0.25, 0.3) is 5.91 Å². The van der Waals surface area contributed by atoms with Crippen LogP contribution in [0.5, 0.6) is 0 Å². The lowest BCUT2D eigenvalue weighted by molar-refractivity contribution is 0.0924. The van der Waals surface area contributed by atoms with Crippen molar-refractivity contribution in [3.05, 3.63) is 65.2 Å². The van der Waals surface area contributed by atoms with E-state index in [0.29, 0.717) is 17.7 Å². The maximum absolute atomic E-state index is 13.6. The lowest BCUT2D eigenvalue weighted by Gasteiger charge is -2.33. The van der Waals surface area contributed by atoms with Gasteiger partial charge in [0.2, 0.25) is 0 Å². The zero-order valence-corrected chi connectivity index (χ0v) is 14.7. The third-order valence-corrected chi connectivity index (χ3v) is 5.27. The monoisotopic (exact) mass is 362 g/mol. The molecule has 1 fully saturated rings. The Labute approximate surface area is 150 Å². The number of piperidine rings is 1. The summed E-state index contributed by atoms with van der Waals surface area (Å²) in [7, 11) is 0. The first-order chi connectivity index (χ1) is 12.1. The van der Waals surface area contributed by atoms with E-state index >= 15 is 0 Å². The van der Waals surface area contributed by atoms with E-state index in [-0.39, 0.29) is 17.9 Å². The molecule has 1 heterocycles. The van der Waals surface area contributed by atoms with Gasteiger partial charge in [-0.25, -0.2) is 8.78 Å². The average Bonchev–Trinajstić information content (AvgIpc) is 2.64. The van der Waals surface area contributed by atoms with Crippen molar-refractivity contribution in [2.45, 2.75) is 23.3 Å². The van der Waals surface area contributed by atoms with Crippen molar-refractivity contribution < 1.29 is 13.6 Å². The molecule has 1 saturated heterocycles. The largest absolute Gasteiger partial charge is 0.347 e. The molecule has 3 nitrogen and oxygen atoms in total. The van der Waals surface area contributed by atoms with Crippen LogP contribution in [-0.2, 0) is 0 Å². The van der Waals surface area contributed by atoms with Gasteiger partial charge in [-0.05, 0) is 61.2 Å². The van der Waals surface area contributed by atoms with Crippen molar-refractivity contribution in [3.63, 3.8) is 0 Å². The van der Waals surface area contributed by atoms with Gasteiger partial charge in [0.1, 0.15) is 0 Å². The van der Waals surface area contributed by atoms with E-state index in [0.717, 1.165) is 23.9 Å². The molecule has 0 aliphatic carbocycles. The Kier molecular flexibility index (Phi) is 5.71. The van der Waals surface area contributed by atoms with E-state index in [1.54, 1.807) is 30.0 Å². The molecule has 2 aromatic carbocycles. The molecular formula is C19H20F2N2OS. The lowest BCUT2D eigenvalue weighted by Crippen LogP contribution is -2.50. The number of nitrogens with one attached hydrogen (secondary N) is 2. The van der Waals surface area contributed by atoms with Crippen molar-refractivity contribution in [2.24, 2.45) is 0 Å². The normalized spacial score (nSPS) is 20.3. The number of carbonyl (C=O) groups is 1. The average molecular weight is 362 g/mol. The molecule has 2 atom stereocenters. The van der Waals surface area contributed by atoms with E-state index < -0.39 is 11.6 Å². The van der Waals surface area contributed by atoms with Crippen LogP contribution >= 0.6 is 11.8 Å². The van der Waals surface area contributed by atoms with E-state index in [2.05, 4.69) is 10.6 Å². The predicted octanol–water partition coefficient (Wildman–Crippen LogP) is 3.56. The van der Waals surface area contributed by atoms with Crippen molar-refractivity contribution in [1.82, 2.24) is 10.6 Å². The van der Waals surface area contributed by atoms with Crippen molar-refractivity contribution in [1.29, 1.82) is 0 Å². The summed E-state index contributed by atoms with van der Waals surface area (Å²) in [5.74, 6) is -1.92. The fourth-order valence-electron chi connectivity index (χ4n) is 3.15. The van der Waals surface area contributed by atoms with Gasteiger partial charge in [-0.2, -0.15) is 0 Å². The SMILES string of the molecule is CSc1ccc(C(=O)NC2CNCCC2c2ccc(F)c(F)c2)cc1. The molecule has 25 heavy (non-hydrogen) atoms. The molecule has 132 valence electrons. The molecule has 0 aromatic heterocycles. The molecule has 6 heteroatoms. The second kappa shape index (κ2) is 7.97. The van der Waals surface area contributed by atoms with Crippen molar-refractivity contribution >= 4 is 17.7 Å². The smallest absolute Gasteiger partial charge is 0.251 e. The molecular weight excluding hydrogens is 342 g/mol. The molecule has 2 N–H and O–H groups in total. The minimum Gasteiger partial charge on any atom is -0.347 e.